The number of Topliss-reactive ketones (excluding diaryl/α,β-unsaturated/α-hetero) is 1. The predicted molar refractivity (Wildman–Crippen MR) is 150 cm³/mol. The van der Waals surface area contributed by atoms with Crippen molar-refractivity contribution in [1.82, 2.24) is 0 Å². The number of ether oxygens (including phenoxy) is 5. The second kappa shape index (κ2) is 12.9. The van der Waals surface area contributed by atoms with Crippen LogP contribution in [-0.4, -0.2) is 52.5 Å². The number of benzene rings is 2. The Hall–Kier alpha value is -3.34. The lowest BCUT2D eigenvalue weighted by molar-refractivity contribution is -0.144. The number of esters is 1. The van der Waals surface area contributed by atoms with E-state index in [1.165, 1.54) is 29.8 Å². The standard InChI is InChI=1S/C16H18O5S.C11H9ClO3S/c1-9(16(18)21-4)5-11(17)15-7-10-6-12(19-2)13(20-3)8-14(10)22-15;1-14-7-3-6-4-10(11(12)13)16-9(6)5-8(7)15-2/h6-9H,5H2,1-4H3;3-5H,1-2H3/t9-;/m0./s1. The molecule has 0 N–H and O–H groups in total. The minimum absolute atomic E-state index is 0.0722. The van der Waals surface area contributed by atoms with Gasteiger partial charge in [-0.15, -0.1) is 22.7 Å². The maximum atomic E-state index is 12.3. The van der Waals surface area contributed by atoms with E-state index in [0.29, 0.717) is 32.8 Å². The van der Waals surface area contributed by atoms with E-state index < -0.39 is 11.2 Å². The lowest BCUT2D eigenvalue weighted by Gasteiger charge is -2.06. The van der Waals surface area contributed by atoms with Crippen LogP contribution in [0.5, 0.6) is 23.0 Å². The lowest BCUT2D eigenvalue weighted by atomic mass is 10.0. The van der Waals surface area contributed by atoms with Crippen LogP contribution in [0.15, 0.2) is 36.4 Å². The van der Waals surface area contributed by atoms with Gasteiger partial charge in [-0.1, -0.05) is 6.92 Å². The van der Waals surface area contributed by atoms with Gasteiger partial charge in [0.05, 0.1) is 51.2 Å². The van der Waals surface area contributed by atoms with Crippen molar-refractivity contribution >= 4 is 71.4 Å². The molecular formula is C27H27ClO8S2. The first-order chi connectivity index (χ1) is 18.1. The first-order valence-electron chi connectivity index (χ1n) is 11.3. The quantitative estimate of drug-likeness (QED) is 0.124. The first kappa shape index (κ1) is 29.2. The van der Waals surface area contributed by atoms with Crippen LogP contribution < -0.4 is 18.9 Å². The molecule has 0 bridgehead atoms. The predicted octanol–water partition coefficient (Wildman–Crippen LogP) is 6.60. The van der Waals surface area contributed by atoms with Gasteiger partial charge >= 0.3 is 5.97 Å². The third-order valence-electron chi connectivity index (χ3n) is 5.61. The Bertz CT molecular complexity index is 1390. The van der Waals surface area contributed by atoms with Crippen molar-refractivity contribution in [3.8, 4) is 23.0 Å². The molecule has 202 valence electrons. The monoisotopic (exact) mass is 578 g/mol. The van der Waals surface area contributed by atoms with Crippen LogP contribution in [0.2, 0.25) is 0 Å². The molecule has 2 aromatic heterocycles. The molecule has 0 radical (unpaired) electrons. The molecular weight excluding hydrogens is 552 g/mol. The first-order valence-corrected chi connectivity index (χ1v) is 13.3. The summed E-state index contributed by atoms with van der Waals surface area (Å²) in [6.45, 7) is 1.68. The summed E-state index contributed by atoms with van der Waals surface area (Å²) in [7, 11) is 7.61. The highest BCUT2D eigenvalue weighted by Gasteiger charge is 2.20. The van der Waals surface area contributed by atoms with Gasteiger partial charge in [-0.3, -0.25) is 14.4 Å². The molecule has 0 unspecified atom stereocenters. The molecule has 0 saturated heterocycles. The minimum atomic E-state index is -0.452. The summed E-state index contributed by atoms with van der Waals surface area (Å²) in [5.41, 5.74) is 0. The number of methoxy groups -OCH3 is 5. The number of hydrogen-bond donors (Lipinski definition) is 0. The van der Waals surface area contributed by atoms with Gasteiger partial charge in [-0.05, 0) is 46.6 Å². The molecule has 38 heavy (non-hydrogen) atoms. The average Bonchev–Trinajstić information content (AvgIpc) is 3.54. The zero-order valence-electron chi connectivity index (χ0n) is 21.7. The average molecular weight is 579 g/mol. The molecule has 2 heterocycles. The van der Waals surface area contributed by atoms with Crippen molar-refractivity contribution in [2.75, 3.05) is 35.5 Å². The molecule has 2 aromatic carbocycles. The van der Waals surface area contributed by atoms with Gasteiger partial charge < -0.3 is 23.7 Å². The van der Waals surface area contributed by atoms with Crippen molar-refractivity contribution in [3.05, 3.63) is 46.2 Å². The molecule has 0 saturated carbocycles. The number of rotatable bonds is 9. The fourth-order valence-corrected chi connectivity index (χ4v) is 5.73. The van der Waals surface area contributed by atoms with Gasteiger partial charge in [0, 0.05) is 28.0 Å². The number of ketones is 1. The molecule has 8 nitrogen and oxygen atoms in total. The molecule has 0 spiro atoms. The molecule has 0 aliphatic rings. The van der Waals surface area contributed by atoms with Crippen LogP contribution in [0.25, 0.3) is 20.2 Å². The Morgan fingerprint density at radius 3 is 1.55 bits per heavy atom. The topological polar surface area (TPSA) is 97.4 Å². The van der Waals surface area contributed by atoms with E-state index in [1.54, 1.807) is 41.4 Å². The molecule has 1 atom stereocenters. The molecule has 0 aliphatic heterocycles. The van der Waals surface area contributed by atoms with Crippen molar-refractivity contribution in [2.24, 2.45) is 5.92 Å². The lowest BCUT2D eigenvalue weighted by Crippen LogP contribution is -2.16. The number of thiophene rings is 2. The maximum Gasteiger partial charge on any atom is 0.308 e. The third-order valence-corrected chi connectivity index (χ3v) is 8.16. The van der Waals surface area contributed by atoms with E-state index in [0.717, 1.165) is 20.2 Å². The zero-order valence-corrected chi connectivity index (χ0v) is 24.1. The number of carbonyl (C=O) groups is 3. The second-order valence-corrected chi connectivity index (χ2v) is 10.5. The highest BCUT2D eigenvalue weighted by atomic mass is 35.5. The SMILES string of the molecule is COC(=O)[C@@H](C)CC(=O)c1cc2cc(OC)c(OC)cc2s1.COc1cc2cc(C(=O)Cl)sc2cc1OC. The van der Waals surface area contributed by atoms with Gasteiger partial charge in [0.15, 0.2) is 28.8 Å². The van der Waals surface area contributed by atoms with Gasteiger partial charge in [-0.25, -0.2) is 0 Å². The van der Waals surface area contributed by atoms with E-state index in [9.17, 15) is 14.4 Å². The largest absolute Gasteiger partial charge is 0.493 e. The van der Waals surface area contributed by atoms with Crippen LogP contribution in [0, 0.1) is 5.92 Å². The number of carbonyl (C=O) groups excluding carboxylic acids is 3. The third kappa shape index (κ3) is 6.56. The summed E-state index contributed by atoms with van der Waals surface area (Å²) >= 11 is 8.15. The summed E-state index contributed by atoms with van der Waals surface area (Å²) < 4.78 is 27.4. The molecule has 11 heteroatoms. The fourth-order valence-electron chi connectivity index (χ4n) is 3.63. The summed E-state index contributed by atoms with van der Waals surface area (Å²) in [6.07, 6.45) is 0.133. The van der Waals surface area contributed by atoms with Crippen molar-refractivity contribution in [2.45, 2.75) is 13.3 Å². The molecule has 4 aromatic rings. The highest BCUT2D eigenvalue weighted by molar-refractivity contribution is 7.22. The maximum absolute atomic E-state index is 12.3. The number of fused-ring (bicyclic) bond motifs is 2. The van der Waals surface area contributed by atoms with Gasteiger partial charge in [0.25, 0.3) is 5.24 Å². The Balaban J connectivity index is 0.000000221. The van der Waals surface area contributed by atoms with E-state index in [2.05, 4.69) is 4.74 Å². The Morgan fingerprint density at radius 2 is 1.13 bits per heavy atom. The summed E-state index contributed by atoms with van der Waals surface area (Å²) in [4.78, 5) is 35.9. The minimum Gasteiger partial charge on any atom is -0.493 e. The van der Waals surface area contributed by atoms with Crippen molar-refractivity contribution < 1.29 is 38.1 Å². The summed E-state index contributed by atoms with van der Waals surface area (Å²) in [5.74, 6) is 1.63. The van der Waals surface area contributed by atoms with Crippen LogP contribution in [-0.2, 0) is 9.53 Å². The van der Waals surface area contributed by atoms with Crippen LogP contribution in [0.4, 0.5) is 0 Å². The zero-order chi connectivity index (χ0) is 28.0. The number of hydrogen-bond acceptors (Lipinski definition) is 10. The Kier molecular flexibility index (Phi) is 9.96. The van der Waals surface area contributed by atoms with E-state index in [4.69, 9.17) is 30.5 Å². The molecule has 0 aliphatic carbocycles. The normalized spacial score (nSPS) is 11.3. The van der Waals surface area contributed by atoms with E-state index >= 15 is 0 Å². The van der Waals surface area contributed by atoms with E-state index in [1.807, 2.05) is 30.3 Å². The summed E-state index contributed by atoms with van der Waals surface area (Å²) in [5, 5.41) is 1.39. The highest BCUT2D eigenvalue weighted by Crippen LogP contribution is 2.38. The molecule has 0 amide bonds. The van der Waals surface area contributed by atoms with Crippen LogP contribution >= 0.6 is 34.3 Å². The second-order valence-electron chi connectivity index (χ2n) is 8.04. The number of halogens is 1. The fraction of sp³-hybridized carbons (Fsp3) is 0.296. The van der Waals surface area contributed by atoms with Gasteiger partial charge in [-0.2, -0.15) is 0 Å². The van der Waals surface area contributed by atoms with Gasteiger partial charge in [0.2, 0.25) is 0 Å². The van der Waals surface area contributed by atoms with Crippen molar-refractivity contribution in [3.63, 3.8) is 0 Å². The van der Waals surface area contributed by atoms with E-state index in [-0.39, 0.29) is 18.2 Å². The molecule has 0 fully saturated rings. The summed E-state index contributed by atoms with van der Waals surface area (Å²) in [6, 6.07) is 10.9. The van der Waals surface area contributed by atoms with Gasteiger partial charge in [0.1, 0.15) is 0 Å². The van der Waals surface area contributed by atoms with Crippen LogP contribution in [0.3, 0.4) is 0 Å². The smallest absolute Gasteiger partial charge is 0.308 e. The Morgan fingerprint density at radius 1 is 0.711 bits per heavy atom. The molecule has 4 rings (SSSR count). The Labute approximate surface area is 233 Å². The van der Waals surface area contributed by atoms with Crippen molar-refractivity contribution in [1.29, 1.82) is 0 Å². The van der Waals surface area contributed by atoms with Crippen LogP contribution in [0.1, 0.15) is 32.7 Å².